The Labute approximate surface area is 196 Å². The minimum absolute atomic E-state index is 0.604. The maximum Gasteiger partial charge on any atom is 0.204 e. The topological polar surface area (TPSA) is 63.0 Å². The summed E-state index contributed by atoms with van der Waals surface area (Å²) in [6.45, 7) is 5.77. The summed E-state index contributed by atoms with van der Waals surface area (Å²) < 4.78 is 0. The van der Waals surface area contributed by atoms with Gasteiger partial charge in [-0.1, -0.05) is 35.3 Å². The van der Waals surface area contributed by atoms with E-state index in [4.69, 9.17) is 23.2 Å². The van der Waals surface area contributed by atoms with Gasteiger partial charge in [-0.25, -0.2) is 0 Å². The van der Waals surface area contributed by atoms with Crippen LogP contribution in [0.4, 0.5) is 5.69 Å². The predicted molar refractivity (Wildman–Crippen MR) is 128 cm³/mol. The first-order valence-electron chi connectivity index (χ1n) is 10.7. The Hall–Kier alpha value is -2.74. The molecular formula is C23H23Cl2N7. The Kier molecular flexibility index (Phi) is 6.21. The molecule has 2 aromatic carbocycles. The zero-order valence-corrected chi connectivity index (χ0v) is 19.0. The fourth-order valence-corrected chi connectivity index (χ4v) is 4.47. The van der Waals surface area contributed by atoms with Crippen LogP contribution in [0.15, 0.2) is 54.7 Å². The van der Waals surface area contributed by atoms with Gasteiger partial charge in [-0.3, -0.25) is 9.88 Å². The second kappa shape index (κ2) is 9.40. The van der Waals surface area contributed by atoms with Crippen LogP contribution < -0.4 is 4.90 Å². The van der Waals surface area contributed by atoms with Crippen LogP contribution in [0.2, 0.25) is 10.0 Å². The van der Waals surface area contributed by atoms with Crippen molar-refractivity contribution in [1.82, 2.24) is 30.1 Å². The normalized spacial score (nSPS) is 14.9. The van der Waals surface area contributed by atoms with Gasteiger partial charge in [0.25, 0.3) is 0 Å². The predicted octanol–water partition coefficient (Wildman–Crippen LogP) is 4.41. The third kappa shape index (κ3) is 4.70. The summed E-state index contributed by atoms with van der Waals surface area (Å²) in [5.41, 5.74) is 3.05. The van der Waals surface area contributed by atoms with Crippen molar-refractivity contribution in [2.75, 3.05) is 37.6 Å². The molecule has 0 aliphatic carbocycles. The fraction of sp³-hybridized carbons (Fsp3) is 0.304. The number of piperazine rings is 1. The van der Waals surface area contributed by atoms with E-state index in [-0.39, 0.29) is 0 Å². The molecule has 1 aliphatic rings. The van der Waals surface area contributed by atoms with E-state index in [2.05, 4.69) is 42.3 Å². The lowest BCUT2D eigenvalue weighted by atomic mass is 10.1. The van der Waals surface area contributed by atoms with E-state index in [0.717, 1.165) is 62.2 Å². The van der Waals surface area contributed by atoms with Crippen molar-refractivity contribution in [3.05, 3.63) is 64.8 Å². The highest BCUT2D eigenvalue weighted by Crippen LogP contribution is 2.28. The van der Waals surface area contributed by atoms with Crippen LogP contribution in [0.5, 0.6) is 0 Å². The molecule has 1 aliphatic heterocycles. The van der Waals surface area contributed by atoms with E-state index in [1.165, 1.54) is 5.69 Å². The summed E-state index contributed by atoms with van der Waals surface area (Å²) in [5.74, 6) is 0.604. The number of anilines is 1. The van der Waals surface area contributed by atoms with Gasteiger partial charge in [-0.2, -0.15) is 4.80 Å². The largest absolute Gasteiger partial charge is 0.368 e. The monoisotopic (exact) mass is 467 g/mol. The lowest BCUT2D eigenvalue weighted by Gasteiger charge is -2.36. The molecule has 7 nitrogen and oxygen atoms in total. The van der Waals surface area contributed by atoms with Gasteiger partial charge in [-0.05, 0) is 48.0 Å². The van der Waals surface area contributed by atoms with Gasteiger partial charge >= 0.3 is 0 Å². The number of fused-ring (bicyclic) bond motifs is 1. The third-order valence-corrected chi connectivity index (χ3v) is 6.23. The van der Waals surface area contributed by atoms with E-state index < -0.39 is 0 Å². The molecule has 1 saturated heterocycles. The van der Waals surface area contributed by atoms with E-state index >= 15 is 0 Å². The first-order chi connectivity index (χ1) is 15.7. The highest BCUT2D eigenvalue weighted by molar-refractivity contribution is 6.31. The molecule has 5 rings (SSSR count). The Balaban J connectivity index is 1.13. The number of rotatable bonds is 6. The van der Waals surface area contributed by atoms with Crippen molar-refractivity contribution in [3.8, 4) is 11.4 Å². The fourth-order valence-electron chi connectivity index (χ4n) is 4.11. The maximum absolute atomic E-state index is 6.13. The van der Waals surface area contributed by atoms with Crippen LogP contribution in [0.1, 0.15) is 6.42 Å². The molecule has 0 bridgehead atoms. The number of nitrogens with zero attached hydrogens (tertiary/aromatic N) is 7. The molecule has 3 heterocycles. The molecule has 0 radical (unpaired) electrons. The number of halogens is 2. The number of hydrogen-bond donors (Lipinski definition) is 0. The highest BCUT2D eigenvalue weighted by atomic mass is 35.5. The first-order valence-corrected chi connectivity index (χ1v) is 11.5. The smallest absolute Gasteiger partial charge is 0.204 e. The summed E-state index contributed by atoms with van der Waals surface area (Å²) in [4.78, 5) is 11.1. The average Bonchev–Trinajstić information content (AvgIpc) is 3.28. The average molecular weight is 468 g/mol. The molecule has 32 heavy (non-hydrogen) atoms. The Bertz CT molecular complexity index is 1220. The number of pyridine rings is 1. The summed E-state index contributed by atoms with van der Waals surface area (Å²) in [6, 6.07) is 15.5. The van der Waals surface area contributed by atoms with Crippen molar-refractivity contribution in [3.63, 3.8) is 0 Å². The first kappa shape index (κ1) is 21.1. The minimum atomic E-state index is 0.604. The molecular weight excluding hydrogens is 445 g/mol. The van der Waals surface area contributed by atoms with Gasteiger partial charge in [0, 0.05) is 65.6 Å². The molecule has 0 saturated carbocycles. The summed E-state index contributed by atoms with van der Waals surface area (Å²) >= 11 is 12.2. The molecule has 1 fully saturated rings. The Morgan fingerprint density at radius 3 is 2.56 bits per heavy atom. The van der Waals surface area contributed by atoms with Crippen molar-refractivity contribution >= 4 is 39.8 Å². The zero-order valence-electron chi connectivity index (χ0n) is 17.5. The Morgan fingerprint density at radius 2 is 1.72 bits per heavy atom. The SMILES string of the molecule is Clc1cccc(-c2nnn(CCCN3CCN(c4ccnc5cc(Cl)ccc45)CC3)n2)c1. The van der Waals surface area contributed by atoms with Gasteiger partial charge in [0.15, 0.2) is 0 Å². The van der Waals surface area contributed by atoms with E-state index in [0.29, 0.717) is 15.9 Å². The van der Waals surface area contributed by atoms with Crippen LogP contribution in [-0.4, -0.2) is 62.8 Å². The van der Waals surface area contributed by atoms with Gasteiger partial charge in [0.05, 0.1) is 12.1 Å². The van der Waals surface area contributed by atoms with Crippen molar-refractivity contribution in [2.24, 2.45) is 0 Å². The van der Waals surface area contributed by atoms with Gasteiger partial charge in [0.1, 0.15) is 0 Å². The number of hydrogen-bond acceptors (Lipinski definition) is 6. The zero-order chi connectivity index (χ0) is 21.9. The minimum Gasteiger partial charge on any atom is -0.368 e. The third-order valence-electron chi connectivity index (χ3n) is 5.76. The molecule has 9 heteroatoms. The lowest BCUT2D eigenvalue weighted by molar-refractivity contribution is 0.247. The quantitative estimate of drug-likeness (QED) is 0.418. The van der Waals surface area contributed by atoms with Crippen LogP contribution in [0.25, 0.3) is 22.3 Å². The van der Waals surface area contributed by atoms with Crippen LogP contribution >= 0.6 is 23.2 Å². The molecule has 0 spiro atoms. The van der Waals surface area contributed by atoms with Crippen LogP contribution in [-0.2, 0) is 6.54 Å². The van der Waals surface area contributed by atoms with Crippen molar-refractivity contribution in [1.29, 1.82) is 0 Å². The summed E-state index contributed by atoms with van der Waals surface area (Å²) in [6.07, 6.45) is 2.84. The van der Waals surface area contributed by atoms with Crippen LogP contribution in [0, 0.1) is 0 Å². The van der Waals surface area contributed by atoms with Gasteiger partial charge in [-0.15, -0.1) is 10.2 Å². The molecule has 0 N–H and O–H groups in total. The summed E-state index contributed by atoms with van der Waals surface area (Å²) in [7, 11) is 0. The number of tetrazole rings is 1. The molecule has 0 atom stereocenters. The Morgan fingerprint density at radius 1 is 0.875 bits per heavy atom. The number of aromatic nitrogens is 5. The number of benzene rings is 2. The van der Waals surface area contributed by atoms with Crippen LogP contribution in [0.3, 0.4) is 0 Å². The molecule has 0 amide bonds. The molecule has 0 unspecified atom stereocenters. The molecule has 4 aromatic rings. The molecule has 2 aromatic heterocycles. The maximum atomic E-state index is 6.13. The standard InChI is InChI=1S/C23H23Cl2N7/c24-18-4-1-3-17(15-18)23-27-29-32(28-23)10-2-9-30-11-13-31(14-12-30)22-7-8-26-21-16-19(25)5-6-20(21)22/h1,3-8,15-16H,2,9-14H2. The van der Waals surface area contributed by atoms with Crippen molar-refractivity contribution < 1.29 is 0 Å². The van der Waals surface area contributed by atoms with Gasteiger partial charge < -0.3 is 4.90 Å². The number of aryl methyl sites for hydroxylation is 1. The van der Waals surface area contributed by atoms with Crippen molar-refractivity contribution in [2.45, 2.75) is 13.0 Å². The second-order valence-electron chi connectivity index (χ2n) is 7.89. The molecule has 164 valence electrons. The van der Waals surface area contributed by atoms with Gasteiger partial charge in [0.2, 0.25) is 5.82 Å². The van der Waals surface area contributed by atoms with E-state index in [9.17, 15) is 0 Å². The second-order valence-corrected chi connectivity index (χ2v) is 8.77. The summed E-state index contributed by atoms with van der Waals surface area (Å²) in [5, 5.41) is 15.4. The lowest BCUT2D eigenvalue weighted by Crippen LogP contribution is -2.46. The highest BCUT2D eigenvalue weighted by Gasteiger charge is 2.19. The van der Waals surface area contributed by atoms with E-state index in [1.54, 1.807) is 4.80 Å². The van der Waals surface area contributed by atoms with E-state index in [1.807, 2.05) is 42.6 Å².